The lowest BCUT2D eigenvalue weighted by molar-refractivity contribution is -0.384. The number of nitrogens with zero attached hydrogens (tertiary/aromatic N) is 3. The number of hydrogen-bond donors (Lipinski definition) is 1. The molecule has 1 N–H and O–H groups in total. The second-order valence-corrected chi connectivity index (χ2v) is 9.21. The molecule has 0 bridgehead atoms. The van der Waals surface area contributed by atoms with E-state index in [1.807, 2.05) is 13.0 Å². The van der Waals surface area contributed by atoms with Crippen molar-refractivity contribution in [1.82, 2.24) is 4.31 Å². The third-order valence-corrected chi connectivity index (χ3v) is 6.47. The summed E-state index contributed by atoms with van der Waals surface area (Å²) in [6.45, 7) is 6.99. The summed E-state index contributed by atoms with van der Waals surface area (Å²) >= 11 is 0. The van der Waals surface area contributed by atoms with E-state index in [0.29, 0.717) is 13.1 Å². The Hall–Kier alpha value is -2.52. The van der Waals surface area contributed by atoms with Gasteiger partial charge >= 0.3 is 0 Å². The zero-order valence-corrected chi connectivity index (χ0v) is 17.9. The van der Waals surface area contributed by atoms with Crippen molar-refractivity contribution < 1.29 is 13.3 Å². The minimum Gasteiger partial charge on any atom is -0.272 e. The highest BCUT2D eigenvalue weighted by Crippen LogP contribution is 2.30. The van der Waals surface area contributed by atoms with E-state index in [1.165, 1.54) is 28.2 Å². The summed E-state index contributed by atoms with van der Waals surface area (Å²) in [4.78, 5) is 10.7. The molecule has 8 nitrogen and oxygen atoms in total. The highest BCUT2D eigenvalue weighted by atomic mass is 32.2. The smallest absolute Gasteiger partial charge is 0.272 e. The summed E-state index contributed by atoms with van der Waals surface area (Å²) in [6.07, 6.45) is 8.99. The summed E-state index contributed by atoms with van der Waals surface area (Å²) in [5, 5.41) is 15.4. The molecule has 1 fully saturated rings. The van der Waals surface area contributed by atoms with Crippen LogP contribution >= 0.6 is 0 Å². The van der Waals surface area contributed by atoms with Crippen molar-refractivity contribution in [2.24, 2.45) is 5.10 Å². The molecule has 1 aromatic carbocycles. The van der Waals surface area contributed by atoms with Gasteiger partial charge < -0.3 is 0 Å². The van der Waals surface area contributed by atoms with Crippen LogP contribution in [0, 0.1) is 10.1 Å². The van der Waals surface area contributed by atoms with Gasteiger partial charge in [0.25, 0.3) is 5.69 Å². The number of hydrogen-bond acceptors (Lipinski definition) is 6. The molecular weight excluding hydrogens is 392 g/mol. The highest BCUT2D eigenvalue weighted by Gasteiger charge is 2.29. The second kappa shape index (κ2) is 10.3. The molecule has 2 rings (SSSR count). The Morgan fingerprint density at radius 3 is 2.59 bits per heavy atom. The lowest BCUT2D eigenvalue weighted by Crippen LogP contribution is -2.27. The first-order valence-electron chi connectivity index (χ1n) is 9.58. The van der Waals surface area contributed by atoms with Crippen LogP contribution in [0.3, 0.4) is 0 Å². The number of nitrogens with one attached hydrogen (secondary N) is 1. The van der Waals surface area contributed by atoms with Crippen molar-refractivity contribution >= 4 is 27.6 Å². The molecule has 158 valence electrons. The van der Waals surface area contributed by atoms with E-state index < -0.39 is 14.9 Å². The number of anilines is 1. The minimum absolute atomic E-state index is 0.0735. The van der Waals surface area contributed by atoms with Crippen molar-refractivity contribution in [2.75, 3.05) is 18.5 Å². The van der Waals surface area contributed by atoms with Gasteiger partial charge in [-0.05, 0) is 64.7 Å². The average Bonchev–Trinajstić information content (AvgIpc) is 3.20. The number of sulfonamides is 1. The lowest BCUT2D eigenvalue weighted by atomic mass is 10.1. The van der Waals surface area contributed by atoms with Gasteiger partial charge in [0.05, 0.1) is 9.82 Å². The van der Waals surface area contributed by atoms with E-state index >= 15 is 0 Å². The third-order valence-electron chi connectivity index (χ3n) is 4.58. The Bertz CT molecular complexity index is 926. The molecule has 0 saturated carbocycles. The quantitative estimate of drug-likeness (QED) is 0.275. The van der Waals surface area contributed by atoms with Crippen LogP contribution in [0.4, 0.5) is 11.4 Å². The molecule has 0 aliphatic carbocycles. The van der Waals surface area contributed by atoms with Crippen LogP contribution in [0.2, 0.25) is 0 Å². The second-order valence-electron chi connectivity index (χ2n) is 7.27. The Kier molecular flexibility index (Phi) is 8.10. The van der Waals surface area contributed by atoms with Crippen molar-refractivity contribution in [3.8, 4) is 0 Å². The fraction of sp³-hybridized carbons (Fsp3) is 0.450. The fourth-order valence-electron chi connectivity index (χ4n) is 2.94. The summed E-state index contributed by atoms with van der Waals surface area (Å²) in [5.41, 5.74) is 4.86. The van der Waals surface area contributed by atoms with Gasteiger partial charge in [0.2, 0.25) is 10.0 Å². The van der Waals surface area contributed by atoms with Gasteiger partial charge in [0, 0.05) is 25.4 Å². The van der Waals surface area contributed by atoms with Crippen LogP contribution in [0.1, 0.15) is 46.5 Å². The van der Waals surface area contributed by atoms with Gasteiger partial charge in [-0.1, -0.05) is 17.2 Å². The van der Waals surface area contributed by atoms with Crippen molar-refractivity contribution in [3.05, 3.63) is 51.6 Å². The van der Waals surface area contributed by atoms with Gasteiger partial charge in [0.1, 0.15) is 5.69 Å². The Morgan fingerprint density at radius 1 is 1.28 bits per heavy atom. The SMILES string of the molecule is CC(C)=CCCC(C)=CC=NNc1ccc(S(=O)(=O)N2CCCC2)cc1[N+](=O)[O-]. The Labute approximate surface area is 172 Å². The predicted molar refractivity (Wildman–Crippen MR) is 116 cm³/mol. The van der Waals surface area contributed by atoms with Crippen LogP contribution in [0.5, 0.6) is 0 Å². The number of allylic oxidation sites excluding steroid dienone is 4. The predicted octanol–water partition coefficient (Wildman–Crippen LogP) is 4.47. The van der Waals surface area contributed by atoms with Crippen molar-refractivity contribution in [2.45, 2.75) is 51.3 Å². The summed E-state index contributed by atoms with van der Waals surface area (Å²) < 4.78 is 26.6. The van der Waals surface area contributed by atoms with E-state index in [0.717, 1.165) is 37.3 Å². The average molecular weight is 421 g/mol. The lowest BCUT2D eigenvalue weighted by Gasteiger charge is -2.15. The topological polar surface area (TPSA) is 105 Å². The molecule has 1 heterocycles. The van der Waals surface area contributed by atoms with Gasteiger partial charge in [0.15, 0.2) is 0 Å². The van der Waals surface area contributed by atoms with E-state index in [2.05, 4.69) is 30.5 Å². The molecule has 0 aromatic heterocycles. The molecule has 0 spiro atoms. The zero-order valence-electron chi connectivity index (χ0n) is 17.1. The van der Waals surface area contributed by atoms with Crippen LogP contribution < -0.4 is 5.43 Å². The van der Waals surface area contributed by atoms with Crippen molar-refractivity contribution in [3.63, 3.8) is 0 Å². The third kappa shape index (κ3) is 6.50. The molecule has 1 saturated heterocycles. The van der Waals surface area contributed by atoms with Crippen LogP contribution in [-0.4, -0.2) is 37.0 Å². The van der Waals surface area contributed by atoms with Gasteiger partial charge in [-0.3, -0.25) is 15.5 Å². The van der Waals surface area contributed by atoms with Gasteiger partial charge in [-0.2, -0.15) is 9.41 Å². The normalized spacial score (nSPS) is 15.6. The number of hydrazone groups is 1. The van der Waals surface area contributed by atoms with Crippen LogP contribution in [0.15, 0.2) is 51.5 Å². The van der Waals surface area contributed by atoms with Crippen LogP contribution in [0.25, 0.3) is 0 Å². The fourth-order valence-corrected chi connectivity index (χ4v) is 4.48. The summed E-state index contributed by atoms with van der Waals surface area (Å²) in [5.74, 6) is 0. The first-order valence-corrected chi connectivity index (χ1v) is 11.0. The molecule has 29 heavy (non-hydrogen) atoms. The number of benzene rings is 1. The zero-order chi connectivity index (χ0) is 21.4. The van der Waals surface area contributed by atoms with Crippen molar-refractivity contribution in [1.29, 1.82) is 0 Å². The maximum absolute atomic E-state index is 12.6. The Morgan fingerprint density at radius 2 is 1.97 bits per heavy atom. The number of rotatable bonds is 9. The summed E-state index contributed by atoms with van der Waals surface area (Å²) in [6, 6.07) is 3.84. The molecule has 1 aromatic rings. The van der Waals surface area contributed by atoms with Gasteiger partial charge in [-0.15, -0.1) is 0 Å². The molecule has 0 unspecified atom stereocenters. The van der Waals surface area contributed by atoms with E-state index in [-0.39, 0.29) is 16.3 Å². The monoisotopic (exact) mass is 420 g/mol. The Balaban J connectivity index is 2.11. The van der Waals surface area contributed by atoms with E-state index in [4.69, 9.17) is 0 Å². The highest BCUT2D eigenvalue weighted by molar-refractivity contribution is 7.89. The van der Waals surface area contributed by atoms with E-state index in [1.54, 1.807) is 0 Å². The largest absolute Gasteiger partial charge is 0.295 e. The summed E-state index contributed by atoms with van der Waals surface area (Å²) in [7, 11) is -3.71. The molecule has 0 amide bonds. The number of nitro groups is 1. The standard InChI is InChI=1S/C20H28N4O4S/c1-16(2)7-6-8-17(3)11-12-21-22-19-10-9-18(15-20(19)24(25)26)29(27,28)23-13-4-5-14-23/h7,9-12,15,22H,4-6,8,13-14H2,1-3H3. The first-order chi connectivity index (χ1) is 13.7. The van der Waals surface area contributed by atoms with Crippen LogP contribution in [-0.2, 0) is 10.0 Å². The molecule has 1 aliphatic rings. The molecule has 1 aliphatic heterocycles. The molecule has 0 radical (unpaired) electrons. The minimum atomic E-state index is -3.71. The first kappa shape index (κ1) is 22.8. The molecule has 9 heteroatoms. The molecular formula is C20H28N4O4S. The van der Waals surface area contributed by atoms with E-state index in [9.17, 15) is 18.5 Å². The number of nitro benzene ring substituents is 1. The van der Waals surface area contributed by atoms with Gasteiger partial charge in [-0.25, -0.2) is 8.42 Å². The molecule has 0 atom stereocenters. The maximum Gasteiger partial charge on any atom is 0.295 e. The maximum atomic E-state index is 12.6.